The molecule has 1 aliphatic rings. The van der Waals surface area contributed by atoms with Crippen molar-refractivity contribution in [1.82, 2.24) is 9.55 Å². The molecule has 2 aromatic carbocycles. The number of rotatable bonds is 3. The Morgan fingerprint density at radius 1 is 1.24 bits per heavy atom. The Labute approximate surface area is 189 Å². The van der Waals surface area contributed by atoms with Gasteiger partial charge in [0.1, 0.15) is 9.24 Å². The molecule has 2 heterocycles. The van der Waals surface area contributed by atoms with Gasteiger partial charge in [-0.1, -0.05) is 35.3 Å². The molecule has 0 bridgehead atoms. The summed E-state index contributed by atoms with van der Waals surface area (Å²) in [6.07, 6.45) is 2.05. The average molecular weight is 541 g/mol. The van der Waals surface area contributed by atoms with E-state index < -0.39 is 11.4 Å². The molecule has 0 N–H and O–H groups in total. The van der Waals surface area contributed by atoms with Crippen molar-refractivity contribution in [1.29, 1.82) is 5.26 Å². The van der Waals surface area contributed by atoms with Crippen molar-refractivity contribution >= 4 is 63.3 Å². The predicted molar refractivity (Wildman–Crippen MR) is 117 cm³/mol. The molecule has 29 heavy (non-hydrogen) atoms. The monoisotopic (exact) mass is 540 g/mol. The molecule has 0 saturated heterocycles. The fraction of sp³-hybridized carbons (Fsp3) is 0.150. The van der Waals surface area contributed by atoms with Crippen molar-refractivity contribution < 1.29 is 9.18 Å². The maximum Gasteiger partial charge on any atom is 0.260 e. The molecule has 5 nitrogen and oxygen atoms in total. The normalized spacial score (nSPS) is 18.1. The Morgan fingerprint density at radius 3 is 2.45 bits per heavy atom. The number of amides is 1. The summed E-state index contributed by atoms with van der Waals surface area (Å²) in [5, 5.41) is 8.65. The zero-order valence-electron chi connectivity index (χ0n) is 15.0. The van der Waals surface area contributed by atoms with Crippen LogP contribution in [0.15, 0.2) is 42.6 Å². The third-order valence-electron chi connectivity index (χ3n) is 4.92. The summed E-state index contributed by atoms with van der Waals surface area (Å²) >= 11 is 14.0. The quantitative estimate of drug-likeness (QED) is 0.328. The number of imidazole rings is 1. The molecule has 3 aromatic rings. The van der Waals surface area contributed by atoms with Crippen LogP contribution in [-0.2, 0) is 16.8 Å². The second-order valence-corrected chi connectivity index (χ2v) is 8.76. The second kappa shape index (κ2) is 7.27. The number of carbonyl (C=O) groups is 1. The van der Waals surface area contributed by atoms with E-state index in [9.17, 15) is 9.18 Å². The number of hydrogen-bond donors (Lipinski definition) is 0. The van der Waals surface area contributed by atoms with Crippen LogP contribution in [0.3, 0.4) is 0 Å². The van der Waals surface area contributed by atoms with Crippen LogP contribution in [0.4, 0.5) is 16.0 Å². The van der Waals surface area contributed by atoms with Crippen molar-refractivity contribution in [3.8, 4) is 6.07 Å². The average Bonchev–Trinajstić information content (AvgIpc) is 3.17. The van der Waals surface area contributed by atoms with Gasteiger partial charge in [0.25, 0.3) is 5.91 Å². The summed E-state index contributed by atoms with van der Waals surface area (Å²) in [5.41, 5.74) is 0.821. The van der Waals surface area contributed by atoms with Crippen molar-refractivity contribution in [2.24, 2.45) is 0 Å². The summed E-state index contributed by atoms with van der Waals surface area (Å²) in [6.45, 7) is 1.83. The van der Waals surface area contributed by atoms with E-state index in [2.05, 4.69) is 33.6 Å². The highest BCUT2D eigenvalue weighted by atomic mass is 127. The van der Waals surface area contributed by atoms with Gasteiger partial charge in [0.05, 0.1) is 33.6 Å². The number of carbonyl (C=O) groups excluding carboxylic acids is 1. The molecule has 0 unspecified atom stereocenters. The zero-order chi connectivity index (χ0) is 20.9. The van der Waals surface area contributed by atoms with Crippen molar-refractivity contribution in [2.75, 3.05) is 4.90 Å². The molecule has 9 heteroatoms. The lowest BCUT2D eigenvalue weighted by molar-refractivity contribution is -0.124. The second-order valence-electron chi connectivity index (χ2n) is 6.84. The van der Waals surface area contributed by atoms with Gasteiger partial charge in [0, 0.05) is 6.42 Å². The van der Waals surface area contributed by atoms with Gasteiger partial charge in [0.15, 0.2) is 5.82 Å². The van der Waals surface area contributed by atoms with E-state index in [0.29, 0.717) is 23.6 Å². The van der Waals surface area contributed by atoms with Gasteiger partial charge in [-0.2, -0.15) is 5.26 Å². The minimum Gasteiger partial charge on any atom is -0.289 e. The first kappa shape index (κ1) is 20.1. The van der Waals surface area contributed by atoms with Crippen LogP contribution in [0, 0.1) is 20.8 Å². The Balaban J connectivity index is 1.82. The Hall–Kier alpha value is -2.15. The highest BCUT2D eigenvalue weighted by molar-refractivity contribution is 14.1. The Morgan fingerprint density at radius 2 is 1.86 bits per heavy atom. The topological polar surface area (TPSA) is 61.9 Å². The third kappa shape index (κ3) is 3.19. The molecule has 0 fully saturated rings. The first-order chi connectivity index (χ1) is 13.8. The Bertz CT molecular complexity index is 1170. The number of hydrogen-bond acceptors (Lipinski definition) is 3. The zero-order valence-corrected chi connectivity index (χ0v) is 18.6. The van der Waals surface area contributed by atoms with Crippen molar-refractivity contribution in [3.05, 3.63) is 73.3 Å². The van der Waals surface area contributed by atoms with Crippen LogP contribution in [0.1, 0.15) is 18.1 Å². The lowest BCUT2D eigenvalue weighted by Gasteiger charge is -2.26. The molecule has 1 atom stereocenters. The molecule has 1 aliphatic heterocycles. The van der Waals surface area contributed by atoms with E-state index in [1.807, 2.05) is 23.6 Å². The summed E-state index contributed by atoms with van der Waals surface area (Å²) in [6, 6.07) is 11.9. The standard InChI is InChI=1S/C20H12Cl2FIN4O/c1-20(8-11-2-4-12(9-25)5-3-11)18(29)27(19-26-10-16(24)28(19)20)13-6-14(21)17(23)15(22)7-13/h2-7,10H,8H2,1H3/t20-/m1/s1. The molecule has 1 aromatic heterocycles. The minimum atomic E-state index is -0.968. The largest absolute Gasteiger partial charge is 0.289 e. The van der Waals surface area contributed by atoms with E-state index in [1.165, 1.54) is 17.0 Å². The van der Waals surface area contributed by atoms with E-state index in [0.717, 1.165) is 9.26 Å². The van der Waals surface area contributed by atoms with Gasteiger partial charge in [-0.3, -0.25) is 9.36 Å². The molecule has 0 saturated carbocycles. The number of anilines is 2. The highest BCUT2D eigenvalue weighted by Crippen LogP contribution is 2.44. The van der Waals surface area contributed by atoms with Gasteiger partial charge in [-0.15, -0.1) is 0 Å². The minimum absolute atomic E-state index is 0.172. The molecular weight excluding hydrogens is 529 g/mol. The molecule has 4 rings (SSSR count). The maximum absolute atomic E-state index is 13.9. The first-order valence-electron chi connectivity index (χ1n) is 8.48. The van der Waals surface area contributed by atoms with Gasteiger partial charge in [-0.25, -0.2) is 14.3 Å². The smallest absolute Gasteiger partial charge is 0.260 e. The molecule has 146 valence electrons. The van der Waals surface area contributed by atoms with Gasteiger partial charge >= 0.3 is 0 Å². The number of halogens is 4. The van der Waals surface area contributed by atoms with E-state index in [1.54, 1.807) is 18.3 Å². The molecule has 1 amide bonds. The molecular formula is C20H12Cl2FIN4O. The summed E-state index contributed by atoms with van der Waals surface area (Å²) in [4.78, 5) is 19.4. The first-order valence-corrected chi connectivity index (χ1v) is 10.3. The van der Waals surface area contributed by atoms with Crippen LogP contribution in [0.2, 0.25) is 10.0 Å². The van der Waals surface area contributed by atoms with E-state index in [4.69, 9.17) is 28.5 Å². The number of nitriles is 1. The van der Waals surface area contributed by atoms with Crippen LogP contribution in [-0.4, -0.2) is 15.5 Å². The van der Waals surface area contributed by atoms with Gasteiger partial charge < -0.3 is 0 Å². The molecule has 0 radical (unpaired) electrons. The number of fused-ring (bicyclic) bond motifs is 1. The van der Waals surface area contributed by atoms with Crippen LogP contribution >= 0.6 is 45.8 Å². The lowest BCUT2D eigenvalue weighted by atomic mass is 9.91. The fourth-order valence-corrected chi connectivity index (χ4v) is 4.88. The molecule has 0 spiro atoms. The SMILES string of the molecule is C[C@@]1(Cc2ccc(C#N)cc2)C(=O)N(c2cc(Cl)c(F)c(Cl)c2)c2ncc(I)n21. The van der Waals surface area contributed by atoms with Crippen LogP contribution in [0.5, 0.6) is 0 Å². The van der Waals surface area contributed by atoms with E-state index >= 15 is 0 Å². The van der Waals surface area contributed by atoms with Crippen molar-refractivity contribution in [2.45, 2.75) is 18.9 Å². The lowest BCUT2D eigenvalue weighted by Crippen LogP contribution is -2.41. The molecule has 0 aliphatic carbocycles. The number of aromatic nitrogens is 2. The predicted octanol–water partition coefficient (Wildman–Crippen LogP) is 5.44. The summed E-state index contributed by atoms with van der Waals surface area (Å²) in [5.74, 6) is -0.558. The van der Waals surface area contributed by atoms with Crippen molar-refractivity contribution in [3.63, 3.8) is 0 Å². The number of benzene rings is 2. The Kier molecular flexibility index (Phi) is 5.05. The van der Waals surface area contributed by atoms with E-state index in [-0.39, 0.29) is 16.0 Å². The summed E-state index contributed by atoms with van der Waals surface area (Å²) in [7, 11) is 0. The number of nitrogens with zero attached hydrogens (tertiary/aromatic N) is 4. The van der Waals surface area contributed by atoms with Crippen LogP contribution < -0.4 is 4.90 Å². The fourth-order valence-electron chi connectivity index (χ4n) is 3.52. The summed E-state index contributed by atoms with van der Waals surface area (Å²) < 4.78 is 16.5. The third-order valence-corrected chi connectivity index (χ3v) is 6.23. The van der Waals surface area contributed by atoms with Crippen LogP contribution in [0.25, 0.3) is 0 Å². The highest BCUT2D eigenvalue weighted by Gasteiger charge is 2.50. The van der Waals surface area contributed by atoms with Gasteiger partial charge in [-0.05, 0) is 59.3 Å². The maximum atomic E-state index is 13.9. The van der Waals surface area contributed by atoms with Gasteiger partial charge in [0.2, 0.25) is 5.95 Å².